The first kappa shape index (κ1) is 15.3. The molecule has 0 fully saturated rings. The molecular weight excluding hydrogens is 342 g/mol. The summed E-state index contributed by atoms with van der Waals surface area (Å²) in [4.78, 5) is 1.47. The maximum atomic E-state index is 3.73. The molecule has 1 aliphatic carbocycles. The molecule has 1 N–H and O–H groups in total. The van der Waals surface area contributed by atoms with E-state index in [0.717, 1.165) is 18.9 Å². The number of thiophene rings is 1. The first-order valence-corrected chi connectivity index (χ1v) is 9.47. The van der Waals surface area contributed by atoms with Crippen molar-refractivity contribution < 1.29 is 0 Å². The van der Waals surface area contributed by atoms with E-state index < -0.39 is 0 Å². The molecule has 2 atom stereocenters. The van der Waals surface area contributed by atoms with Gasteiger partial charge in [0.15, 0.2) is 0 Å². The summed E-state index contributed by atoms with van der Waals surface area (Å²) in [5.74, 6) is 0.744. The third kappa shape index (κ3) is 3.58. The van der Waals surface area contributed by atoms with Gasteiger partial charge in [-0.3, -0.25) is 0 Å². The minimum Gasteiger partial charge on any atom is -0.314 e. The van der Waals surface area contributed by atoms with E-state index in [0.29, 0.717) is 6.04 Å². The second kappa shape index (κ2) is 7.08. The second-order valence-electron chi connectivity index (χ2n) is 5.83. The van der Waals surface area contributed by atoms with E-state index in [1.54, 1.807) is 11.1 Å². The van der Waals surface area contributed by atoms with Crippen molar-refractivity contribution in [1.82, 2.24) is 5.32 Å². The normalized spacial score (nSPS) is 19.2. The van der Waals surface area contributed by atoms with Crippen molar-refractivity contribution in [1.29, 1.82) is 0 Å². The topological polar surface area (TPSA) is 12.0 Å². The van der Waals surface area contributed by atoms with Crippen LogP contribution in [0.5, 0.6) is 0 Å². The molecule has 0 saturated heterocycles. The summed E-state index contributed by atoms with van der Waals surface area (Å²) in [7, 11) is 0. The molecule has 0 amide bonds. The number of nitrogens with one attached hydrogen (secondary N) is 1. The Morgan fingerprint density at radius 3 is 2.81 bits per heavy atom. The molecule has 1 aliphatic rings. The Hall–Kier alpha value is -0.640. The van der Waals surface area contributed by atoms with Gasteiger partial charge in [0.25, 0.3) is 0 Å². The third-order valence-corrected chi connectivity index (χ3v) is 6.47. The maximum absolute atomic E-state index is 3.73. The van der Waals surface area contributed by atoms with Gasteiger partial charge in [-0.2, -0.15) is 0 Å². The molecule has 1 aromatic heterocycles. The largest absolute Gasteiger partial charge is 0.314 e. The zero-order chi connectivity index (χ0) is 14.7. The number of benzene rings is 1. The van der Waals surface area contributed by atoms with Gasteiger partial charge in [0, 0.05) is 15.4 Å². The van der Waals surface area contributed by atoms with Crippen LogP contribution in [0.4, 0.5) is 0 Å². The highest BCUT2D eigenvalue weighted by molar-refractivity contribution is 9.10. The fourth-order valence-electron chi connectivity index (χ4n) is 3.41. The van der Waals surface area contributed by atoms with Crippen molar-refractivity contribution in [3.05, 3.63) is 56.2 Å². The SMILES string of the molecule is CCNC(Cc1sccc1Br)C1CCc2ccccc2C1. The van der Waals surface area contributed by atoms with Gasteiger partial charge in [0.2, 0.25) is 0 Å². The predicted molar refractivity (Wildman–Crippen MR) is 95.1 cm³/mol. The van der Waals surface area contributed by atoms with E-state index in [-0.39, 0.29) is 0 Å². The van der Waals surface area contributed by atoms with Crippen LogP contribution in [-0.2, 0) is 19.3 Å². The summed E-state index contributed by atoms with van der Waals surface area (Å²) < 4.78 is 1.27. The summed E-state index contributed by atoms with van der Waals surface area (Å²) in [6.07, 6.45) is 4.89. The van der Waals surface area contributed by atoms with Gasteiger partial charge < -0.3 is 5.32 Å². The standard InChI is InChI=1S/C18H22BrNS/c1-2-20-17(12-18-16(19)9-10-21-18)15-8-7-13-5-3-4-6-14(13)11-15/h3-6,9-10,15,17,20H,2,7-8,11-12H2,1H3. The fraction of sp³-hybridized carbons (Fsp3) is 0.444. The minimum absolute atomic E-state index is 0.582. The minimum atomic E-state index is 0.582. The lowest BCUT2D eigenvalue weighted by atomic mass is 9.79. The van der Waals surface area contributed by atoms with Crippen molar-refractivity contribution in [2.45, 2.75) is 38.6 Å². The summed E-state index contributed by atoms with van der Waals surface area (Å²) >= 11 is 5.54. The van der Waals surface area contributed by atoms with Crippen molar-refractivity contribution in [2.24, 2.45) is 5.92 Å². The highest BCUT2D eigenvalue weighted by atomic mass is 79.9. The molecule has 2 aromatic rings. The van der Waals surface area contributed by atoms with E-state index in [1.807, 2.05) is 11.3 Å². The van der Waals surface area contributed by atoms with E-state index in [9.17, 15) is 0 Å². The van der Waals surface area contributed by atoms with Crippen LogP contribution in [0.15, 0.2) is 40.2 Å². The van der Waals surface area contributed by atoms with Gasteiger partial charge >= 0.3 is 0 Å². The number of halogens is 1. The zero-order valence-electron chi connectivity index (χ0n) is 12.4. The van der Waals surface area contributed by atoms with Crippen LogP contribution in [0.3, 0.4) is 0 Å². The lowest BCUT2D eigenvalue weighted by Gasteiger charge is -2.32. The molecule has 3 rings (SSSR count). The van der Waals surface area contributed by atoms with E-state index in [4.69, 9.17) is 0 Å². The van der Waals surface area contributed by atoms with Crippen molar-refractivity contribution in [3.63, 3.8) is 0 Å². The molecule has 2 unspecified atom stereocenters. The average molecular weight is 364 g/mol. The van der Waals surface area contributed by atoms with Crippen LogP contribution in [0.1, 0.15) is 29.3 Å². The highest BCUT2D eigenvalue weighted by Gasteiger charge is 2.26. The lowest BCUT2D eigenvalue weighted by Crippen LogP contribution is -2.40. The van der Waals surface area contributed by atoms with Gasteiger partial charge in [-0.15, -0.1) is 11.3 Å². The molecule has 3 heteroatoms. The van der Waals surface area contributed by atoms with Gasteiger partial charge in [0.05, 0.1) is 0 Å². The van der Waals surface area contributed by atoms with Gasteiger partial charge in [0.1, 0.15) is 0 Å². The van der Waals surface area contributed by atoms with Crippen LogP contribution in [0.2, 0.25) is 0 Å². The molecule has 0 aliphatic heterocycles. The van der Waals surface area contributed by atoms with Gasteiger partial charge in [-0.05, 0) is 76.6 Å². The van der Waals surface area contributed by atoms with Crippen molar-refractivity contribution >= 4 is 27.3 Å². The Balaban J connectivity index is 1.74. The molecule has 0 saturated carbocycles. The number of likely N-dealkylation sites (N-methyl/N-ethyl adjacent to an activating group) is 1. The molecule has 1 heterocycles. The van der Waals surface area contributed by atoms with Crippen molar-refractivity contribution in [2.75, 3.05) is 6.54 Å². The number of hydrogen-bond donors (Lipinski definition) is 1. The number of rotatable bonds is 5. The Bertz CT molecular complexity index is 592. The van der Waals surface area contributed by atoms with E-state index >= 15 is 0 Å². The van der Waals surface area contributed by atoms with E-state index in [2.05, 4.69) is 63.9 Å². The molecule has 1 aromatic carbocycles. The Morgan fingerprint density at radius 1 is 1.29 bits per heavy atom. The Morgan fingerprint density at radius 2 is 2.10 bits per heavy atom. The number of aryl methyl sites for hydroxylation is 1. The summed E-state index contributed by atoms with van der Waals surface area (Å²) in [6, 6.07) is 11.7. The summed E-state index contributed by atoms with van der Waals surface area (Å²) in [6.45, 7) is 3.26. The summed E-state index contributed by atoms with van der Waals surface area (Å²) in [5.41, 5.74) is 3.11. The average Bonchev–Trinajstić information content (AvgIpc) is 2.91. The van der Waals surface area contributed by atoms with Crippen LogP contribution in [-0.4, -0.2) is 12.6 Å². The fourth-order valence-corrected chi connectivity index (χ4v) is 4.98. The number of hydrogen-bond acceptors (Lipinski definition) is 2. The molecule has 1 nitrogen and oxygen atoms in total. The number of fused-ring (bicyclic) bond motifs is 1. The zero-order valence-corrected chi connectivity index (χ0v) is 14.8. The molecular formula is C18H22BrNS. The molecule has 0 bridgehead atoms. The van der Waals surface area contributed by atoms with Crippen LogP contribution < -0.4 is 5.32 Å². The maximum Gasteiger partial charge on any atom is 0.0314 e. The van der Waals surface area contributed by atoms with Crippen LogP contribution in [0, 0.1) is 5.92 Å². The molecule has 0 spiro atoms. The monoisotopic (exact) mass is 363 g/mol. The van der Waals surface area contributed by atoms with Crippen LogP contribution >= 0.6 is 27.3 Å². The molecule has 0 radical (unpaired) electrons. The Labute approximate surface area is 139 Å². The quantitative estimate of drug-likeness (QED) is 0.801. The van der Waals surface area contributed by atoms with E-state index in [1.165, 1.54) is 28.6 Å². The van der Waals surface area contributed by atoms with Crippen molar-refractivity contribution in [3.8, 4) is 0 Å². The smallest absolute Gasteiger partial charge is 0.0314 e. The Kier molecular flexibility index (Phi) is 5.15. The molecule has 21 heavy (non-hydrogen) atoms. The van der Waals surface area contributed by atoms with Gasteiger partial charge in [-0.1, -0.05) is 31.2 Å². The third-order valence-electron chi connectivity index (χ3n) is 4.52. The first-order valence-electron chi connectivity index (χ1n) is 7.80. The van der Waals surface area contributed by atoms with Crippen LogP contribution in [0.25, 0.3) is 0 Å². The summed E-state index contributed by atoms with van der Waals surface area (Å²) in [5, 5.41) is 5.91. The lowest BCUT2D eigenvalue weighted by molar-refractivity contribution is 0.323. The van der Waals surface area contributed by atoms with Gasteiger partial charge in [-0.25, -0.2) is 0 Å². The highest BCUT2D eigenvalue weighted by Crippen LogP contribution is 2.31. The molecule has 112 valence electrons. The predicted octanol–water partition coefficient (Wildman–Crippen LogP) is 4.84. The first-order chi connectivity index (χ1) is 10.3. The second-order valence-corrected chi connectivity index (χ2v) is 7.69.